The van der Waals surface area contributed by atoms with E-state index < -0.39 is 0 Å². The molecule has 2 rings (SSSR count). The number of nitrogens with zero attached hydrogens (tertiary/aromatic N) is 2. The quantitative estimate of drug-likeness (QED) is 0.219. The molecule has 0 N–H and O–H groups in total. The van der Waals surface area contributed by atoms with Crippen LogP contribution in [0.2, 0.25) is 0 Å². The van der Waals surface area contributed by atoms with E-state index >= 15 is 0 Å². The third-order valence-corrected chi connectivity index (χ3v) is 6.10. The van der Waals surface area contributed by atoms with Crippen LogP contribution in [0.5, 0.6) is 11.8 Å². The lowest BCUT2D eigenvalue weighted by Crippen LogP contribution is -2.01. The minimum absolute atomic E-state index is 0.466. The van der Waals surface area contributed by atoms with Gasteiger partial charge in [-0.3, -0.25) is 0 Å². The second kappa shape index (κ2) is 16.5. The Morgan fingerprint density at radius 1 is 0.688 bits per heavy atom. The molecular weight excluding hydrogens is 396 g/mol. The SMILES string of the molecule is CCCCCCCCCOc1ncc(-c2ccc(OCCCCCC(C)CC)cc2)cn1. The van der Waals surface area contributed by atoms with Gasteiger partial charge in [-0.1, -0.05) is 97.1 Å². The van der Waals surface area contributed by atoms with E-state index in [0.29, 0.717) is 12.6 Å². The summed E-state index contributed by atoms with van der Waals surface area (Å²) in [5.74, 6) is 1.77. The summed E-state index contributed by atoms with van der Waals surface area (Å²) in [6.07, 6.45) is 18.9. The van der Waals surface area contributed by atoms with E-state index in [9.17, 15) is 0 Å². The molecule has 1 aromatic heterocycles. The van der Waals surface area contributed by atoms with Crippen LogP contribution in [0.4, 0.5) is 0 Å². The number of hydrogen-bond donors (Lipinski definition) is 0. The van der Waals surface area contributed by atoms with E-state index in [1.54, 1.807) is 0 Å². The van der Waals surface area contributed by atoms with Gasteiger partial charge in [-0.05, 0) is 36.5 Å². The van der Waals surface area contributed by atoms with Gasteiger partial charge in [0.2, 0.25) is 0 Å². The predicted molar refractivity (Wildman–Crippen MR) is 134 cm³/mol. The second-order valence-electron chi connectivity index (χ2n) is 8.96. The monoisotopic (exact) mass is 440 g/mol. The lowest BCUT2D eigenvalue weighted by atomic mass is 10.0. The Bertz CT molecular complexity index is 700. The van der Waals surface area contributed by atoms with Gasteiger partial charge in [0, 0.05) is 18.0 Å². The smallest absolute Gasteiger partial charge is 0.316 e. The topological polar surface area (TPSA) is 44.2 Å². The summed E-state index contributed by atoms with van der Waals surface area (Å²) >= 11 is 0. The van der Waals surface area contributed by atoms with Gasteiger partial charge >= 0.3 is 6.01 Å². The van der Waals surface area contributed by atoms with E-state index in [1.807, 2.05) is 24.5 Å². The average Bonchev–Trinajstić information content (AvgIpc) is 2.83. The van der Waals surface area contributed by atoms with Crippen molar-refractivity contribution >= 4 is 0 Å². The molecule has 0 aliphatic carbocycles. The minimum atomic E-state index is 0.466. The van der Waals surface area contributed by atoms with Crippen LogP contribution in [0.3, 0.4) is 0 Å². The lowest BCUT2D eigenvalue weighted by molar-refractivity contribution is 0.281. The number of hydrogen-bond acceptors (Lipinski definition) is 4. The molecule has 0 amide bonds. The van der Waals surface area contributed by atoms with Gasteiger partial charge in [-0.2, -0.15) is 0 Å². The van der Waals surface area contributed by atoms with Crippen LogP contribution in [0.1, 0.15) is 97.8 Å². The third kappa shape index (κ3) is 11.0. The summed E-state index contributed by atoms with van der Waals surface area (Å²) < 4.78 is 11.6. The highest BCUT2D eigenvalue weighted by Gasteiger charge is 2.03. The Labute approximate surface area is 196 Å². The van der Waals surface area contributed by atoms with Crippen LogP contribution >= 0.6 is 0 Å². The predicted octanol–water partition coefficient (Wildman–Crippen LogP) is 8.26. The first kappa shape index (κ1) is 26.2. The van der Waals surface area contributed by atoms with E-state index in [4.69, 9.17) is 9.47 Å². The largest absolute Gasteiger partial charge is 0.494 e. The van der Waals surface area contributed by atoms with E-state index in [2.05, 4.69) is 42.9 Å². The molecule has 0 aliphatic heterocycles. The molecule has 4 heteroatoms. The fraction of sp³-hybridized carbons (Fsp3) is 0.643. The maximum Gasteiger partial charge on any atom is 0.316 e. The van der Waals surface area contributed by atoms with E-state index in [1.165, 1.54) is 64.2 Å². The molecular formula is C28H44N2O2. The number of aromatic nitrogens is 2. The molecule has 0 saturated carbocycles. The maximum absolute atomic E-state index is 5.89. The highest BCUT2D eigenvalue weighted by Crippen LogP contribution is 2.22. The molecule has 0 spiro atoms. The number of unbranched alkanes of at least 4 members (excludes halogenated alkanes) is 8. The van der Waals surface area contributed by atoms with Crippen molar-refractivity contribution in [1.82, 2.24) is 9.97 Å². The highest BCUT2D eigenvalue weighted by molar-refractivity contribution is 5.62. The summed E-state index contributed by atoms with van der Waals surface area (Å²) in [4.78, 5) is 8.74. The molecule has 0 saturated heterocycles. The molecule has 0 bridgehead atoms. The molecule has 4 nitrogen and oxygen atoms in total. The molecule has 0 fully saturated rings. The number of benzene rings is 1. The molecule has 1 heterocycles. The van der Waals surface area contributed by atoms with Crippen molar-refractivity contribution in [2.75, 3.05) is 13.2 Å². The molecule has 0 aliphatic rings. The summed E-state index contributed by atoms with van der Waals surface area (Å²) in [6.45, 7) is 8.33. The van der Waals surface area contributed by atoms with Gasteiger partial charge in [-0.15, -0.1) is 0 Å². The van der Waals surface area contributed by atoms with Crippen molar-refractivity contribution in [2.24, 2.45) is 5.92 Å². The number of ether oxygens (including phenoxy) is 2. The Balaban J connectivity index is 1.63. The standard InChI is InChI=1S/C28H44N2O2/c1-4-6-7-8-9-10-13-21-32-28-29-22-26(23-30-28)25-16-18-27(19-17-25)31-20-14-11-12-15-24(3)5-2/h16-19,22-24H,4-15,20-21H2,1-3H3. The highest BCUT2D eigenvalue weighted by atomic mass is 16.5. The van der Waals surface area contributed by atoms with Crippen molar-refractivity contribution in [3.63, 3.8) is 0 Å². The molecule has 1 unspecified atom stereocenters. The normalized spacial score (nSPS) is 12.0. The van der Waals surface area contributed by atoms with Gasteiger partial charge in [0.05, 0.1) is 13.2 Å². The first-order valence-electron chi connectivity index (χ1n) is 12.9. The number of rotatable bonds is 18. The summed E-state index contributed by atoms with van der Waals surface area (Å²) in [7, 11) is 0. The van der Waals surface area contributed by atoms with Crippen molar-refractivity contribution in [2.45, 2.75) is 97.8 Å². The summed E-state index contributed by atoms with van der Waals surface area (Å²) in [5, 5.41) is 0. The Morgan fingerprint density at radius 3 is 1.94 bits per heavy atom. The molecule has 178 valence electrons. The molecule has 2 aromatic rings. The molecule has 1 atom stereocenters. The molecule has 1 aromatic carbocycles. The van der Waals surface area contributed by atoms with Gasteiger partial charge in [0.25, 0.3) is 0 Å². The molecule has 0 radical (unpaired) electrons. The first-order valence-corrected chi connectivity index (χ1v) is 12.9. The average molecular weight is 441 g/mol. The second-order valence-corrected chi connectivity index (χ2v) is 8.96. The zero-order chi connectivity index (χ0) is 22.9. The minimum Gasteiger partial charge on any atom is -0.494 e. The first-order chi connectivity index (χ1) is 15.7. The van der Waals surface area contributed by atoms with Crippen LogP contribution in [-0.4, -0.2) is 23.2 Å². The van der Waals surface area contributed by atoms with Crippen LogP contribution in [-0.2, 0) is 0 Å². The fourth-order valence-electron chi connectivity index (χ4n) is 3.67. The van der Waals surface area contributed by atoms with Crippen LogP contribution in [0, 0.1) is 5.92 Å². The Hall–Kier alpha value is -2.10. The maximum atomic E-state index is 5.89. The van der Waals surface area contributed by atoms with Crippen LogP contribution < -0.4 is 9.47 Å². The van der Waals surface area contributed by atoms with Crippen LogP contribution in [0.25, 0.3) is 11.1 Å². The summed E-state index contributed by atoms with van der Waals surface area (Å²) in [5.41, 5.74) is 2.08. The Morgan fingerprint density at radius 2 is 1.28 bits per heavy atom. The van der Waals surface area contributed by atoms with Gasteiger partial charge in [0.1, 0.15) is 5.75 Å². The zero-order valence-electron chi connectivity index (χ0n) is 20.7. The molecule has 32 heavy (non-hydrogen) atoms. The lowest BCUT2D eigenvalue weighted by Gasteiger charge is -2.09. The van der Waals surface area contributed by atoms with Crippen molar-refractivity contribution in [1.29, 1.82) is 0 Å². The van der Waals surface area contributed by atoms with Crippen LogP contribution in [0.15, 0.2) is 36.7 Å². The fourth-order valence-corrected chi connectivity index (χ4v) is 3.67. The Kier molecular flexibility index (Phi) is 13.5. The summed E-state index contributed by atoms with van der Waals surface area (Å²) in [6, 6.07) is 8.65. The third-order valence-electron chi connectivity index (χ3n) is 6.10. The van der Waals surface area contributed by atoms with Gasteiger partial charge in [0.15, 0.2) is 0 Å². The van der Waals surface area contributed by atoms with Crippen molar-refractivity contribution in [3.05, 3.63) is 36.7 Å². The van der Waals surface area contributed by atoms with E-state index in [0.717, 1.165) is 42.2 Å². The van der Waals surface area contributed by atoms with E-state index in [-0.39, 0.29) is 0 Å². The van der Waals surface area contributed by atoms with Crippen molar-refractivity contribution < 1.29 is 9.47 Å². The van der Waals surface area contributed by atoms with Gasteiger partial charge < -0.3 is 9.47 Å². The van der Waals surface area contributed by atoms with Gasteiger partial charge in [-0.25, -0.2) is 9.97 Å². The van der Waals surface area contributed by atoms with Crippen molar-refractivity contribution in [3.8, 4) is 22.9 Å². The zero-order valence-corrected chi connectivity index (χ0v) is 20.7.